The molecule has 0 aliphatic carbocycles. The Labute approximate surface area is 638 Å². The number of hydrogen-bond acceptors (Lipinski definition) is 15. The topological polar surface area (TPSA) is 237 Å². The van der Waals surface area contributed by atoms with E-state index in [1.807, 2.05) is 0 Å². The minimum absolute atomic E-state index is 0.108. The van der Waals surface area contributed by atoms with Crippen molar-refractivity contribution in [2.24, 2.45) is 17.8 Å². The molecule has 618 valence electrons. The van der Waals surface area contributed by atoms with Gasteiger partial charge in [0.25, 0.3) is 0 Å². The summed E-state index contributed by atoms with van der Waals surface area (Å²) in [6, 6.07) is 0. The van der Waals surface area contributed by atoms with E-state index in [9.17, 15) is 43.2 Å². The van der Waals surface area contributed by atoms with Crippen LogP contribution in [0.15, 0.2) is 0 Å². The number of carbonyl (C=O) groups excluding carboxylic acids is 4. The van der Waals surface area contributed by atoms with Crippen LogP contribution in [0.2, 0.25) is 0 Å². The van der Waals surface area contributed by atoms with Gasteiger partial charge in [0.1, 0.15) is 19.3 Å². The Bertz CT molecular complexity index is 2010. The van der Waals surface area contributed by atoms with E-state index in [1.165, 1.54) is 257 Å². The fraction of sp³-hybridized carbons (Fsp3) is 0.953. The fourth-order valence-corrected chi connectivity index (χ4v) is 14.7. The second-order valence-corrected chi connectivity index (χ2v) is 34.4. The zero-order valence-corrected chi connectivity index (χ0v) is 70.3. The van der Waals surface area contributed by atoms with E-state index in [0.717, 1.165) is 108 Å². The van der Waals surface area contributed by atoms with E-state index in [4.69, 9.17) is 37.0 Å². The number of rotatable bonds is 83. The monoisotopic (exact) mass is 1520 g/mol. The van der Waals surface area contributed by atoms with Crippen molar-refractivity contribution in [2.45, 2.75) is 465 Å². The number of unbranched alkanes of at least 4 members (excludes halogenated alkanes) is 49. The van der Waals surface area contributed by atoms with Crippen molar-refractivity contribution >= 4 is 39.5 Å². The number of phosphoric ester groups is 2. The van der Waals surface area contributed by atoms with Crippen LogP contribution in [0.25, 0.3) is 0 Å². The average Bonchev–Trinajstić information content (AvgIpc) is 0.911. The number of esters is 4. The molecule has 17 nitrogen and oxygen atoms in total. The lowest BCUT2D eigenvalue weighted by Crippen LogP contribution is -2.30. The Hall–Kier alpha value is -1.94. The third-order valence-corrected chi connectivity index (χ3v) is 22.5. The first-order chi connectivity index (χ1) is 50.3. The van der Waals surface area contributed by atoms with E-state index in [0.29, 0.717) is 25.7 Å². The number of carbonyl (C=O) groups is 4. The van der Waals surface area contributed by atoms with Crippen molar-refractivity contribution in [2.75, 3.05) is 39.6 Å². The molecule has 104 heavy (non-hydrogen) atoms. The molecule has 0 heterocycles. The van der Waals surface area contributed by atoms with Gasteiger partial charge in [0.05, 0.1) is 26.4 Å². The van der Waals surface area contributed by atoms with Crippen LogP contribution < -0.4 is 0 Å². The third kappa shape index (κ3) is 75.5. The summed E-state index contributed by atoms with van der Waals surface area (Å²) < 4.78 is 68.9. The zero-order chi connectivity index (χ0) is 76.5. The Kier molecular flexibility index (Phi) is 73.7. The van der Waals surface area contributed by atoms with Crippen molar-refractivity contribution in [1.29, 1.82) is 0 Å². The van der Waals surface area contributed by atoms with E-state index in [2.05, 4.69) is 48.5 Å². The van der Waals surface area contributed by atoms with Crippen LogP contribution in [0.4, 0.5) is 0 Å². The minimum atomic E-state index is -4.97. The second-order valence-electron chi connectivity index (χ2n) is 31.5. The zero-order valence-electron chi connectivity index (χ0n) is 68.5. The van der Waals surface area contributed by atoms with Gasteiger partial charge in [-0.15, -0.1) is 0 Å². The van der Waals surface area contributed by atoms with Crippen molar-refractivity contribution in [1.82, 2.24) is 0 Å². The highest BCUT2D eigenvalue weighted by Crippen LogP contribution is 2.45. The highest BCUT2D eigenvalue weighted by molar-refractivity contribution is 7.47. The lowest BCUT2D eigenvalue weighted by atomic mass is 9.99. The van der Waals surface area contributed by atoms with Gasteiger partial charge < -0.3 is 33.8 Å². The quantitative estimate of drug-likeness (QED) is 0.0222. The van der Waals surface area contributed by atoms with Gasteiger partial charge in [0, 0.05) is 25.7 Å². The van der Waals surface area contributed by atoms with Crippen LogP contribution in [0.1, 0.15) is 447 Å². The molecule has 0 rings (SSSR count). The molecule has 0 saturated carbocycles. The molecule has 7 atom stereocenters. The molecule has 0 aromatic rings. The van der Waals surface area contributed by atoms with Gasteiger partial charge in [0.2, 0.25) is 0 Å². The third-order valence-electron chi connectivity index (χ3n) is 20.6. The summed E-state index contributed by atoms with van der Waals surface area (Å²) in [7, 11) is -9.93. The molecule has 0 spiro atoms. The first-order valence-corrected chi connectivity index (χ1v) is 46.9. The summed E-state index contributed by atoms with van der Waals surface area (Å²) in [6.45, 7) is 12.1. The summed E-state index contributed by atoms with van der Waals surface area (Å²) in [4.78, 5) is 73.2. The molecule has 0 aromatic heterocycles. The Morgan fingerprint density at radius 1 is 0.279 bits per heavy atom. The summed E-state index contributed by atoms with van der Waals surface area (Å²) >= 11 is 0. The molecule has 0 saturated heterocycles. The molecule has 19 heteroatoms. The Balaban J connectivity index is 5.24. The Morgan fingerprint density at radius 2 is 0.490 bits per heavy atom. The molecule has 0 radical (unpaired) electrons. The standard InChI is InChI=1S/C85H166O17P2/c1-8-11-12-13-14-15-38-45-52-59-66-82(87)95-72-80(101-85(90)69-62-55-48-41-34-28-22-20-25-31-37-44-51-58-65-78(7)10-3)74-99-103(91,92)97-70-79(86)71-98-104(93,94)100-75-81(102-84(89)68-61-54-47-40-33-27-18-16-17-23-29-35-42-49-56-63-76(4)5)73-96-83(88)67-60-53-46-39-32-26-21-19-24-30-36-43-50-57-64-77(6)9-2/h76-81,86H,8-75H2,1-7H3,(H,91,92)(H,93,94)/t77?,78?,79-,80+,81+/m0/s1. The highest BCUT2D eigenvalue weighted by atomic mass is 31.2. The number of hydrogen-bond donors (Lipinski definition) is 3. The fourth-order valence-electron chi connectivity index (χ4n) is 13.1. The van der Waals surface area contributed by atoms with Crippen LogP contribution in [0.3, 0.4) is 0 Å². The van der Waals surface area contributed by atoms with Gasteiger partial charge >= 0.3 is 39.5 Å². The van der Waals surface area contributed by atoms with Gasteiger partial charge in [-0.05, 0) is 43.4 Å². The normalized spacial score (nSPS) is 14.4. The molecule has 0 amide bonds. The van der Waals surface area contributed by atoms with E-state index < -0.39 is 97.5 Å². The minimum Gasteiger partial charge on any atom is -0.462 e. The van der Waals surface area contributed by atoms with Gasteiger partial charge in [-0.3, -0.25) is 37.3 Å². The summed E-state index contributed by atoms with van der Waals surface area (Å²) in [5, 5.41) is 10.7. The van der Waals surface area contributed by atoms with Crippen LogP contribution in [-0.2, 0) is 65.4 Å². The second kappa shape index (κ2) is 75.1. The first kappa shape index (κ1) is 102. The molecule has 4 unspecified atom stereocenters. The molecule has 0 aromatic carbocycles. The van der Waals surface area contributed by atoms with Crippen molar-refractivity contribution < 1.29 is 80.2 Å². The molecule has 0 fully saturated rings. The number of aliphatic hydroxyl groups is 1. The van der Waals surface area contributed by atoms with Gasteiger partial charge in [0.15, 0.2) is 12.2 Å². The number of ether oxygens (including phenoxy) is 4. The predicted octanol–water partition coefficient (Wildman–Crippen LogP) is 25.7. The van der Waals surface area contributed by atoms with Crippen molar-refractivity contribution in [3.63, 3.8) is 0 Å². The summed E-state index contributed by atoms with van der Waals surface area (Å²) in [5.74, 6) is 0.394. The number of aliphatic hydroxyl groups excluding tert-OH is 1. The first-order valence-electron chi connectivity index (χ1n) is 43.9. The van der Waals surface area contributed by atoms with Crippen LogP contribution >= 0.6 is 15.6 Å². The molecule has 3 N–H and O–H groups in total. The molecule has 0 bridgehead atoms. The molecule has 0 aliphatic rings. The van der Waals surface area contributed by atoms with Crippen LogP contribution in [-0.4, -0.2) is 96.7 Å². The van der Waals surface area contributed by atoms with Crippen LogP contribution in [0.5, 0.6) is 0 Å². The van der Waals surface area contributed by atoms with Gasteiger partial charge in [-0.25, -0.2) is 9.13 Å². The maximum absolute atomic E-state index is 13.1. The number of phosphoric acid groups is 2. The van der Waals surface area contributed by atoms with E-state index >= 15 is 0 Å². The van der Waals surface area contributed by atoms with Gasteiger partial charge in [-0.2, -0.15) is 0 Å². The average molecular weight is 1520 g/mol. The Morgan fingerprint density at radius 3 is 0.731 bits per heavy atom. The molecular formula is C85H166O17P2. The maximum Gasteiger partial charge on any atom is 0.472 e. The lowest BCUT2D eigenvalue weighted by Gasteiger charge is -2.21. The van der Waals surface area contributed by atoms with Crippen molar-refractivity contribution in [3.05, 3.63) is 0 Å². The maximum atomic E-state index is 13.1. The van der Waals surface area contributed by atoms with Crippen molar-refractivity contribution in [3.8, 4) is 0 Å². The SMILES string of the molecule is CCCCCCCCCCCCC(=O)OC[C@H](COP(=O)(O)OC[C@H](O)COP(=O)(O)OC[C@@H](COC(=O)CCCCCCCCCCCCCCCCC(C)CC)OC(=O)CCCCCCCCCCCCCCCCCC(C)C)OC(=O)CCCCCCCCCCCCCCCCC(C)CC. The van der Waals surface area contributed by atoms with E-state index in [-0.39, 0.29) is 25.7 Å². The molecule has 0 aliphatic heterocycles. The molecular weight excluding hydrogens is 1350 g/mol. The smallest absolute Gasteiger partial charge is 0.462 e. The largest absolute Gasteiger partial charge is 0.472 e. The predicted molar refractivity (Wildman–Crippen MR) is 428 cm³/mol. The summed E-state index contributed by atoms with van der Waals surface area (Å²) in [6.07, 6.45) is 65.0. The lowest BCUT2D eigenvalue weighted by molar-refractivity contribution is -0.161. The van der Waals surface area contributed by atoms with Gasteiger partial charge in [-0.1, -0.05) is 395 Å². The summed E-state index contributed by atoms with van der Waals surface area (Å²) in [5.41, 5.74) is 0. The highest BCUT2D eigenvalue weighted by Gasteiger charge is 2.30. The van der Waals surface area contributed by atoms with E-state index in [1.54, 1.807) is 0 Å². The van der Waals surface area contributed by atoms with Crippen LogP contribution in [0, 0.1) is 17.8 Å².